The largest absolute Gasteiger partial charge is 0.498 e. The van der Waals surface area contributed by atoms with Gasteiger partial charge in [0.05, 0.1) is 12.4 Å². The maximum Gasteiger partial charge on any atom is 0.131 e. The van der Waals surface area contributed by atoms with Gasteiger partial charge in [-0.05, 0) is 59.7 Å². The zero-order chi connectivity index (χ0) is 19.5. The first-order chi connectivity index (χ1) is 13.6. The van der Waals surface area contributed by atoms with Gasteiger partial charge >= 0.3 is 0 Å². The molecule has 1 aliphatic rings. The second-order valence-electron chi connectivity index (χ2n) is 7.43. The zero-order valence-electron chi connectivity index (χ0n) is 16.4. The first-order valence-electron chi connectivity index (χ1n) is 9.93. The first kappa shape index (κ1) is 18.5. The average molecular weight is 372 g/mol. The minimum Gasteiger partial charge on any atom is -0.498 e. The van der Waals surface area contributed by atoms with Gasteiger partial charge in [-0.15, -0.1) is 0 Å². The third-order valence-electron chi connectivity index (χ3n) is 5.56. The monoisotopic (exact) mass is 372 g/mol. The van der Waals surface area contributed by atoms with E-state index >= 15 is 0 Å². The standard InChI is InChI=1S/C26H25FO/c1-3-19-5-8-22(9-6-19)25-15-14-23(16-26(25)27)20-10-12-21(13-11-20)24-7-4-18(2)28-17-24/h4-6,8-16,24H,3,7,17H2,1-2H3. The van der Waals surface area contributed by atoms with Crippen molar-refractivity contribution < 1.29 is 9.13 Å². The van der Waals surface area contributed by atoms with Crippen molar-refractivity contribution in [3.05, 3.63) is 95.5 Å². The Morgan fingerprint density at radius 3 is 2.18 bits per heavy atom. The second kappa shape index (κ2) is 8.02. The van der Waals surface area contributed by atoms with Gasteiger partial charge in [0.2, 0.25) is 0 Å². The van der Waals surface area contributed by atoms with E-state index in [0.29, 0.717) is 11.5 Å². The normalized spacial score (nSPS) is 16.4. The molecular formula is C26H25FO. The van der Waals surface area contributed by atoms with Crippen LogP contribution in [0.2, 0.25) is 0 Å². The van der Waals surface area contributed by atoms with Crippen LogP contribution in [0.1, 0.15) is 37.3 Å². The molecule has 1 aliphatic heterocycles. The Hall–Kier alpha value is -2.87. The molecule has 1 nitrogen and oxygen atoms in total. The van der Waals surface area contributed by atoms with Gasteiger partial charge in [0.25, 0.3) is 0 Å². The van der Waals surface area contributed by atoms with Crippen LogP contribution in [0, 0.1) is 5.82 Å². The smallest absolute Gasteiger partial charge is 0.131 e. The summed E-state index contributed by atoms with van der Waals surface area (Å²) in [5.74, 6) is 1.21. The highest BCUT2D eigenvalue weighted by Crippen LogP contribution is 2.31. The van der Waals surface area contributed by atoms with Crippen LogP contribution in [0.25, 0.3) is 22.3 Å². The summed E-state index contributed by atoms with van der Waals surface area (Å²) in [4.78, 5) is 0. The lowest BCUT2D eigenvalue weighted by atomic mass is 9.92. The molecule has 0 aromatic heterocycles. The summed E-state index contributed by atoms with van der Waals surface area (Å²) in [5, 5.41) is 0. The van der Waals surface area contributed by atoms with Gasteiger partial charge in [-0.25, -0.2) is 4.39 Å². The van der Waals surface area contributed by atoms with Crippen LogP contribution in [0.4, 0.5) is 4.39 Å². The third-order valence-corrected chi connectivity index (χ3v) is 5.56. The van der Waals surface area contributed by atoms with Crippen LogP contribution in [0.5, 0.6) is 0 Å². The predicted molar refractivity (Wildman–Crippen MR) is 114 cm³/mol. The summed E-state index contributed by atoms with van der Waals surface area (Å²) in [7, 11) is 0. The molecule has 2 heteroatoms. The molecule has 4 rings (SSSR count). The number of ether oxygens (including phenoxy) is 1. The molecule has 1 heterocycles. The number of benzene rings is 3. The summed E-state index contributed by atoms with van der Waals surface area (Å²) in [6.45, 7) is 4.84. The zero-order valence-corrected chi connectivity index (χ0v) is 16.4. The van der Waals surface area contributed by atoms with Crippen LogP contribution in [0.15, 0.2) is 78.6 Å². The van der Waals surface area contributed by atoms with Crippen molar-refractivity contribution in [1.29, 1.82) is 0 Å². The Balaban J connectivity index is 1.55. The van der Waals surface area contributed by atoms with Gasteiger partial charge < -0.3 is 4.74 Å². The van der Waals surface area contributed by atoms with Crippen molar-refractivity contribution in [3.63, 3.8) is 0 Å². The molecule has 3 aromatic carbocycles. The van der Waals surface area contributed by atoms with Gasteiger partial charge in [0.1, 0.15) is 5.82 Å². The van der Waals surface area contributed by atoms with E-state index in [1.54, 1.807) is 6.07 Å². The SMILES string of the molecule is CCc1ccc(-c2ccc(-c3ccc(C4CC=C(C)OC4)cc3)cc2F)cc1. The fourth-order valence-corrected chi connectivity index (χ4v) is 3.70. The first-order valence-corrected chi connectivity index (χ1v) is 9.93. The van der Waals surface area contributed by atoms with E-state index in [-0.39, 0.29) is 5.82 Å². The van der Waals surface area contributed by atoms with Crippen molar-refractivity contribution in [2.45, 2.75) is 32.6 Å². The number of aryl methyl sites for hydroxylation is 1. The molecule has 0 fully saturated rings. The number of hydrogen-bond acceptors (Lipinski definition) is 1. The van der Waals surface area contributed by atoms with Gasteiger partial charge in [0, 0.05) is 11.5 Å². The highest BCUT2D eigenvalue weighted by molar-refractivity contribution is 5.71. The predicted octanol–water partition coefficient (Wildman–Crippen LogP) is 7.13. The van der Waals surface area contributed by atoms with Crippen molar-refractivity contribution in [2.24, 2.45) is 0 Å². The molecule has 1 atom stereocenters. The minimum absolute atomic E-state index is 0.188. The quantitative estimate of drug-likeness (QED) is 0.473. The van der Waals surface area contributed by atoms with Crippen LogP contribution >= 0.6 is 0 Å². The van der Waals surface area contributed by atoms with Crippen LogP contribution in [0.3, 0.4) is 0 Å². The van der Waals surface area contributed by atoms with E-state index in [0.717, 1.165) is 41.9 Å². The van der Waals surface area contributed by atoms with E-state index in [2.05, 4.69) is 49.4 Å². The maximum absolute atomic E-state index is 14.8. The average Bonchev–Trinajstić information content (AvgIpc) is 2.74. The van der Waals surface area contributed by atoms with E-state index < -0.39 is 0 Å². The lowest BCUT2D eigenvalue weighted by Crippen LogP contribution is -2.11. The summed E-state index contributed by atoms with van der Waals surface area (Å²) in [5.41, 5.74) is 6.00. The summed E-state index contributed by atoms with van der Waals surface area (Å²) < 4.78 is 20.4. The van der Waals surface area contributed by atoms with Crippen LogP contribution in [-0.4, -0.2) is 6.61 Å². The van der Waals surface area contributed by atoms with Crippen molar-refractivity contribution in [3.8, 4) is 22.3 Å². The fourth-order valence-electron chi connectivity index (χ4n) is 3.70. The summed E-state index contributed by atoms with van der Waals surface area (Å²) in [6.07, 6.45) is 4.13. The van der Waals surface area contributed by atoms with Gasteiger partial charge in [-0.1, -0.05) is 67.6 Å². The van der Waals surface area contributed by atoms with Crippen molar-refractivity contribution >= 4 is 0 Å². The highest BCUT2D eigenvalue weighted by Gasteiger charge is 2.16. The Morgan fingerprint density at radius 2 is 1.57 bits per heavy atom. The van der Waals surface area contributed by atoms with E-state index in [1.807, 2.05) is 31.2 Å². The topological polar surface area (TPSA) is 9.23 Å². The molecule has 0 N–H and O–H groups in total. The Bertz CT molecular complexity index is 984. The van der Waals surface area contributed by atoms with Crippen molar-refractivity contribution in [1.82, 2.24) is 0 Å². The minimum atomic E-state index is -0.188. The summed E-state index contributed by atoms with van der Waals surface area (Å²) >= 11 is 0. The van der Waals surface area contributed by atoms with Crippen LogP contribution in [-0.2, 0) is 11.2 Å². The van der Waals surface area contributed by atoms with Gasteiger partial charge in [0.15, 0.2) is 0 Å². The molecule has 3 aromatic rings. The van der Waals surface area contributed by atoms with Gasteiger partial charge in [-0.3, -0.25) is 0 Å². The summed E-state index contributed by atoms with van der Waals surface area (Å²) in [6, 6.07) is 22.0. The lowest BCUT2D eigenvalue weighted by molar-refractivity contribution is 0.177. The molecule has 0 amide bonds. The Morgan fingerprint density at radius 1 is 0.893 bits per heavy atom. The molecule has 0 bridgehead atoms. The number of halogens is 1. The number of rotatable bonds is 4. The molecular weight excluding hydrogens is 347 g/mol. The van der Waals surface area contributed by atoms with Gasteiger partial charge in [-0.2, -0.15) is 0 Å². The van der Waals surface area contributed by atoms with Crippen molar-refractivity contribution in [2.75, 3.05) is 6.61 Å². The molecule has 0 saturated carbocycles. The molecule has 0 aliphatic carbocycles. The maximum atomic E-state index is 14.8. The molecule has 0 saturated heterocycles. The molecule has 142 valence electrons. The second-order valence-corrected chi connectivity index (χ2v) is 7.43. The molecule has 1 unspecified atom stereocenters. The molecule has 0 spiro atoms. The van der Waals surface area contributed by atoms with E-state index in [9.17, 15) is 4.39 Å². The Labute approximate surface area is 166 Å². The molecule has 28 heavy (non-hydrogen) atoms. The fraction of sp³-hybridized carbons (Fsp3) is 0.231. The Kier molecular flexibility index (Phi) is 5.29. The third kappa shape index (κ3) is 3.87. The van der Waals surface area contributed by atoms with Crippen LogP contribution < -0.4 is 0 Å². The number of allylic oxidation sites excluding steroid dienone is 2. The number of hydrogen-bond donors (Lipinski definition) is 0. The van der Waals surface area contributed by atoms with E-state index in [1.165, 1.54) is 11.1 Å². The molecule has 0 radical (unpaired) electrons. The lowest BCUT2D eigenvalue weighted by Gasteiger charge is -2.22. The highest BCUT2D eigenvalue weighted by atomic mass is 19.1. The van der Waals surface area contributed by atoms with E-state index in [4.69, 9.17) is 4.74 Å².